The maximum absolute atomic E-state index is 10.8. The Hall–Kier alpha value is -1.76. The monoisotopic (exact) mass is 218 g/mol. The lowest BCUT2D eigenvalue weighted by Crippen LogP contribution is -2.23. The smallest absolute Gasteiger partial charge is 0.306 e. The fourth-order valence-corrected chi connectivity index (χ4v) is 2.41. The van der Waals surface area contributed by atoms with Gasteiger partial charge >= 0.3 is 5.97 Å². The average molecular weight is 218 g/mol. The van der Waals surface area contributed by atoms with Gasteiger partial charge in [0.05, 0.1) is 5.92 Å². The van der Waals surface area contributed by atoms with E-state index < -0.39 is 5.97 Å². The van der Waals surface area contributed by atoms with Crippen LogP contribution in [0.2, 0.25) is 0 Å². The first-order valence-electron chi connectivity index (χ1n) is 5.52. The van der Waals surface area contributed by atoms with Gasteiger partial charge in [0.15, 0.2) is 0 Å². The van der Waals surface area contributed by atoms with Crippen LogP contribution >= 0.6 is 0 Å². The van der Waals surface area contributed by atoms with Crippen molar-refractivity contribution in [2.45, 2.75) is 31.7 Å². The predicted octanol–water partition coefficient (Wildman–Crippen LogP) is 2.18. The third-order valence-electron chi connectivity index (χ3n) is 3.33. The molecule has 1 aromatic heterocycles. The maximum Gasteiger partial charge on any atom is 0.306 e. The lowest BCUT2D eigenvalue weighted by atomic mass is 9.86. The van der Waals surface area contributed by atoms with Gasteiger partial charge in [-0.15, -0.1) is 0 Å². The number of carbonyl (C=O) groups is 1. The van der Waals surface area contributed by atoms with Gasteiger partial charge in [0.1, 0.15) is 11.8 Å². The molecule has 1 saturated carbocycles. The van der Waals surface area contributed by atoms with Crippen molar-refractivity contribution in [2.75, 3.05) is 0 Å². The van der Waals surface area contributed by atoms with E-state index in [2.05, 4.69) is 6.07 Å². The summed E-state index contributed by atoms with van der Waals surface area (Å²) in [5, 5.41) is 17.8. The number of aliphatic carboxylic acids is 1. The molecular weight excluding hydrogens is 204 g/mol. The maximum atomic E-state index is 10.8. The third kappa shape index (κ3) is 1.94. The molecule has 0 aromatic carbocycles. The number of carboxylic acids is 1. The summed E-state index contributed by atoms with van der Waals surface area (Å²) in [7, 11) is 0. The predicted molar refractivity (Wildman–Crippen MR) is 57.8 cm³/mol. The Morgan fingerprint density at radius 2 is 2.12 bits per heavy atom. The summed E-state index contributed by atoms with van der Waals surface area (Å²) >= 11 is 0. The molecule has 84 valence electrons. The van der Waals surface area contributed by atoms with Crippen LogP contribution in [0.5, 0.6) is 0 Å². The molecule has 0 atom stereocenters. The summed E-state index contributed by atoms with van der Waals surface area (Å²) in [5.74, 6) is -0.885. The molecule has 0 spiro atoms. The molecule has 1 aromatic rings. The van der Waals surface area contributed by atoms with E-state index in [4.69, 9.17) is 10.4 Å². The number of rotatable bonds is 2. The highest BCUT2D eigenvalue weighted by molar-refractivity contribution is 5.70. The molecule has 0 radical (unpaired) electrons. The van der Waals surface area contributed by atoms with E-state index in [1.165, 1.54) is 0 Å². The van der Waals surface area contributed by atoms with Crippen molar-refractivity contribution in [3.8, 4) is 6.07 Å². The molecule has 4 nitrogen and oxygen atoms in total. The minimum Gasteiger partial charge on any atom is -0.481 e. The van der Waals surface area contributed by atoms with E-state index in [9.17, 15) is 4.79 Å². The van der Waals surface area contributed by atoms with Crippen LogP contribution in [0.3, 0.4) is 0 Å². The van der Waals surface area contributed by atoms with Gasteiger partial charge < -0.3 is 9.67 Å². The highest BCUT2D eigenvalue weighted by atomic mass is 16.4. The average Bonchev–Trinajstić information content (AvgIpc) is 2.77. The minimum atomic E-state index is -0.688. The van der Waals surface area contributed by atoms with Crippen molar-refractivity contribution >= 4 is 5.97 Å². The van der Waals surface area contributed by atoms with Crippen molar-refractivity contribution in [1.29, 1.82) is 5.26 Å². The standard InChI is InChI=1S/C12H14N2O2/c13-8-11-2-1-7-14(11)10-5-3-9(4-6-10)12(15)16/h1-2,7,9-10H,3-6H2,(H,15,16). The molecular formula is C12H14N2O2. The molecule has 4 heteroatoms. The first-order valence-corrected chi connectivity index (χ1v) is 5.52. The molecule has 0 aliphatic heterocycles. The van der Waals surface area contributed by atoms with Crippen LogP contribution < -0.4 is 0 Å². The van der Waals surface area contributed by atoms with Gasteiger partial charge in [-0.2, -0.15) is 5.26 Å². The summed E-state index contributed by atoms with van der Waals surface area (Å²) in [6, 6.07) is 6.10. The number of nitriles is 1. The Kier molecular flexibility index (Phi) is 2.95. The zero-order valence-corrected chi connectivity index (χ0v) is 8.97. The zero-order valence-electron chi connectivity index (χ0n) is 8.97. The minimum absolute atomic E-state index is 0.197. The quantitative estimate of drug-likeness (QED) is 0.827. The molecule has 0 amide bonds. The Balaban J connectivity index is 2.05. The Bertz CT molecular complexity index is 422. The second kappa shape index (κ2) is 4.40. The number of hydrogen-bond donors (Lipinski definition) is 1. The van der Waals surface area contributed by atoms with Crippen LogP contribution in [-0.4, -0.2) is 15.6 Å². The molecule has 2 rings (SSSR count). The lowest BCUT2D eigenvalue weighted by Gasteiger charge is -2.27. The lowest BCUT2D eigenvalue weighted by molar-refractivity contribution is -0.143. The first kappa shape index (κ1) is 10.7. The van der Waals surface area contributed by atoms with Gasteiger partial charge in [-0.25, -0.2) is 0 Å². The van der Waals surface area contributed by atoms with Crippen LogP contribution in [0.25, 0.3) is 0 Å². The van der Waals surface area contributed by atoms with E-state index in [0.29, 0.717) is 24.6 Å². The highest BCUT2D eigenvalue weighted by Crippen LogP contribution is 2.33. The van der Waals surface area contributed by atoms with Gasteiger partial charge in [0.25, 0.3) is 0 Å². The van der Waals surface area contributed by atoms with E-state index in [-0.39, 0.29) is 5.92 Å². The van der Waals surface area contributed by atoms with Gasteiger partial charge in [0, 0.05) is 12.2 Å². The van der Waals surface area contributed by atoms with Crippen molar-refractivity contribution < 1.29 is 9.90 Å². The fraction of sp³-hybridized carbons (Fsp3) is 0.500. The molecule has 16 heavy (non-hydrogen) atoms. The van der Waals surface area contributed by atoms with E-state index >= 15 is 0 Å². The fourth-order valence-electron chi connectivity index (χ4n) is 2.41. The summed E-state index contributed by atoms with van der Waals surface area (Å²) in [6.07, 6.45) is 5.02. The SMILES string of the molecule is N#Cc1cccn1C1CCC(C(=O)O)CC1. The Morgan fingerprint density at radius 3 is 2.69 bits per heavy atom. The van der Waals surface area contributed by atoms with Gasteiger partial charge in [-0.3, -0.25) is 4.79 Å². The Labute approximate surface area is 94.1 Å². The summed E-state index contributed by atoms with van der Waals surface area (Å²) in [5.41, 5.74) is 0.666. The van der Waals surface area contributed by atoms with Crippen LogP contribution in [0.4, 0.5) is 0 Å². The second-order valence-electron chi connectivity index (χ2n) is 4.26. The van der Waals surface area contributed by atoms with Crippen molar-refractivity contribution in [3.63, 3.8) is 0 Å². The van der Waals surface area contributed by atoms with E-state index in [1.54, 1.807) is 6.07 Å². The van der Waals surface area contributed by atoms with E-state index in [0.717, 1.165) is 12.8 Å². The van der Waals surface area contributed by atoms with Crippen molar-refractivity contribution in [1.82, 2.24) is 4.57 Å². The second-order valence-corrected chi connectivity index (χ2v) is 4.26. The largest absolute Gasteiger partial charge is 0.481 e. The molecule has 1 N–H and O–H groups in total. The Morgan fingerprint density at radius 1 is 1.44 bits per heavy atom. The van der Waals surface area contributed by atoms with Crippen LogP contribution in [0, 0.1) is 17.2 Å². The summed E-state index contributed by atoms with van der Waals surface area (Å²) in [4.78, 5) is 10.8. The normalized spacial score (nSPS) is 24.9. The number of nitrogens with zero attached hydrogens (tertiary/aromatic N) is 2. The third-order valence-corrected chi connectivity index (χ3v) is 3.33. The van der Waals surface area contributed by atoms with Gasteiger partial charge in [-0.1, -0.05) is 0 Å². The van der Waals surface area contributed by atoms with Gasteiger partial charge in [-0.05, 0) is 37.8 Å². The van der Waals surface area contributed by atoms with Gasteiger partial charge in [0.2, 0.25) is 0 Å². The van der Waals surface area contributed by atoms with Crippen LogP contribution in [0.1, 0.15) is 37.4 Å². The molecule has 0 saturated heterocycles. The molecule has 1 aliphatic carbocycles. The number of hydrogen-bond acceptors (Lipinski definition) is 2. The first-order chi connectivity index (χ1) is 7.72. The van der Waals surface area contributed by atoms with Crippen LogP contribution in [0.15, 0.2) is 18.3 Å². The summed E-state index contributed by atoms with van der Waals surface area (Å²) < 4.78 is 1.97. The zero-order chi connectivity index (χ0) is 11.5. The topological polar surface area (TPSA) is 66.0 Å². The van der Waals surface area contributed by atoms with E-state index in [1.807, 2.05) is 16.8 Å². The van der Waals surface area contributed by atoms with Crippen molar-refractivity contribution in [3.05, 3.63) is 24.0 Å². The molecule has 1 aliphatic rings. The summed E-state index contributed by atoms with van der Waals surface area (Å²) in [6.45, 7) is 0. The molecule has 0 bridgehead atoms. The van der Waals surface area contributed by atoms with Crippen LogP contribution in [-0.2, 0) is 4.79 Å². The highest BCUT2D eigenvalue weighted by Gasteiger charge is 2.27. The molecule has 1 heterocycles. The molecule has 1 fully saturated rings. The number of aromatic nitrogens is 1. The van der Waals surface area contributed by atoms with Crippen molar-refractivity contribution in [2.24, 2.45) is 5.92 Å². The molecule has 0 unspecified atom stereocenters. The number of carboxylic acid groups (broad SMARTS) is 1.